The predicted molar refractivity (Wildman–Crippen MR) is 155 cm³/mol. The van der Waals surface area contributed by atoms with Crippen molar-refractivity contribution in [3.05, 3.63) is 0 Å². The standard InChI is InChI=1S/C28H60O10Si/c1-7-8-9-29-10-11-30-12-13-31-14-15-32-16-17-33-18-19-34-20-21-35-22-23-36-24-25-37-26-27-38-39(5,6)28(2,3)4/h7-27H2,1-6H3. The molecular weight excluding hydrogens is 524 g/mol. The first-order chi connectivity index (χ1) is 18.8. The predicted octanol–water partition coefficient (Wildman–Crippen LogP) is 3.96. The first kappa shape index (κ1) is 38.8. The van der Waals surface area contributed by atoms with Crippen molar-refractivity contribution in [3.8, 4) is 0 Å². The lowest BCUT2D eigenvalue weighted by Crippen LogP contribution is -2.41. The molecule has 0 aromatic heterocycles. The monoisotopic (exact) mass is 584 g/mol. The van der Waals surface area contributed by atoms with Gasteiger partial charge in [0.1, 0.15) is 0 Å². The molecular formula is C28H60O10Si. The zero-order chi connectivity index (χ0) is 28.9. The van der Waals surface area contributed by atoms with Gasteiger partial charge in [-0.25, -0.2) is 0 Å². The first-order valence-corrected chi connectivity index (χ1v) is 17.6. The van der Waals surface area contributed by atoms with Gasteiger partial charge < -0.3 is 47.1 Å². The molecule has 10 nitrogen and oxygen atoms in total. The molecule has 0 atom stereocenters. The molecule has 0 aromatic rings. The van der Waals surface area contributed by atoms with E-state index in [1.165, 1.54) is 0 Å². The van der Waals surface area contributed by atoms with Crippen LogP contribution in [-0.4, -0.2) is 134 Å². The van der Waals surface area contributed by atoms with Crippen molar-refractivity contribution in [1.82, 2.24) is 0 Å². The molecule has 0 N–H and O–H groups in total. The number of ether oxygens (including phenoxy) is 9. The number of rotatable bonds is 31. The summed E-state index contributed by atoms with van der Waals surface area (Å²) >= 11 is 0. The van der Waals surface area contributed by atoms with Crippen molar-refractivity contribution < 1.29 is 47.1 Å². The van der Waals surface area contributed by atoms with Gasteiger partial charge >= 0.3 is 0 Å². The molecule has 0 aliphatic rings. The molecule has 0 unspecified atom stereocenters. The molecule has 0 heterocycles. The topological polar surface area (TPSA) is 92.3 Å². The molecule has 0 radical (unpaired) electrons. The molecule has 0 spiro atoms. The summed E-state index contributed by atoms with van der Waals surface area (Å²) in [5.41, 5.74) is 0. The van der Waals surface area contributed by atoms with Crippen LogP contribution in [0.2, 0.25) is 18.1 Å². The molecule has 0 aliphatic carbocycles. The van der Waals surface area contributed by atoms with E-state index in [-0.39, 0.29) is 5.04 Å². The Hall–Kier alpha value is -0.183. The van der Waals surface area contributed by atoms with Crippen LogP contribution in [0.4, 0.5) is 0 Å². The van der Waals surface area contributed by atoms with Crippen LogP contribution in [0.15, 0.2) is 0 Å². The minimum atomic E-state index is -1.69. The van der Waals surface area contributed by atoms with Gasteiger partial charge in [-0.3, -0.25) is 0 Å². The third kappa shape index (κ3) is 27.7. The lowest BCUT2D eigenvalue weighted by Gasteiger charge is -2.36. The Balaban J connectivity index is 3.13. The van der Waals surface area contributed by atoms with E-state index < -0.39 is 8.32 Å². The highest BCUT2D eigenvalue weighted by molar-refractivity contribution is 6.74. The van der Waals surface area contributed by atoms with Gasteiger partial charge in [0.2, 0.25) is 0 Å². The van der Waals surface area contributed by atoms with E-state index in [4.69, 9.17) is 47.1 Å². The average molecular weight is 585 g/mol. The molecule has 0 aromatic carbocycles. The van der Waals surface area contributed by atoms with Crippen molar-refractivity contribution in [3.63, 3.8) is 0 Å². The third-order valence-corrected chi connectivity index (χ3v) is 10.7. The molecule has 0 aliphatic heterocycles. The summed E-state index contributed by atoms with van der Waals surface area (Å²) in [4.78, 5) is 0. The maximum Gasteiger partial charge on any atom is 0.192 e. The van der Waals surface area contributed by atoms with Crippen LogP contribution in [0.1, 0.15) is 40.5 Å². The van der Waals surface area contributed by atoms with Crippen LogP contribution in [0.3, 0.4) is 0 Å². The van der Waals surface area contributed by atoms with Gasteiger partial charge in [-0.05, 0) is 24.6 Å². The highest BCUT2D eigenvalue weighted by atomic mass is 28.4. The minimum Gasteiger partial charge on any atom is -0.414 e. The third-order valence-electron chi connectivity index (χ3n) is 6.12. The number of hydrogen-bond acceptors (Lipinski definition) is 10. The van der Waals surface area contributed by atoms with E-state index in [1.54, 1.807) is 0 Å². The maximum absolute atomic E-state index is 6.07. The van der Waals surface area contributed by atoms with E-state index in [1.807, 2.05) is 0 Å². The fourth-order valence-corrected chi connectivity index (χ4v) is 3.71. The van der Waals surface area contributed by atoms with E-state index >= 15 is 0 Å². The molecule has 39 heavy (non-hydrogen) atoms. The van der Waals surface area contributed by atoms with Crippen LogP contribution < -0.4 is 0 Å². The normalized spacial score (nSPS) is 12.5. The van der Waals surface area contributed by atoms with Gasteiger partial charge in [0.05, 0.1) is 119 Å². The van der Waals surface area contributed by atoms with Crippen LogP contribution in [0.25, 0.3) is 0 Å². The van der Waals surface area contributed by atoms with Crippen molar-refractivity contribution in [1.29, 1.82) is 0 Å². The van der Waals surface area contributed by atoms with Gasteiger partial charge in [0.25, 0.3) is 0 Å². The quantitative estimate of drug-likeness (QED) is 0.0881. The summed E-state index contributed by atoms with van der Waals surface area (Å²) in [5, 5.41) is 0.223. The summed E-state index contributed by atoms with van der Waals surface area (Å²) in [7, 11) is -1.69. The van der Waals surface area contributed by atoms with Crippen molar-refractivity contribution in [2.45, 2.75) is 58.7 Å². The molecule has 0 rings (SSSR count). The molecule has 0 fully saturated rings. The summed E-state index contributed by atoms with van der Waals surface area (Å²) in [6.07, 6.45) is 2.25. The SMILES string of the molecule is CCCCOCCOCCOCCOCCOCCOCCOCCOCCOCCO[Si](C)(C)C(C)(C)C. The fraction of sp³-hybridized carbons (Fsp3) is 1.00. The van der Waals surface area contributed by atoms with Gasteiger partial charge in [-0.15, -0.1) is 0 Å². The zero-order valence-electron chi connectivity index (χ0n) is 25.9. The average Bonchev–Trinajstić information content (AvgIpc) is 2.89. The van der Waals surface area contributed by atoms with Crippen LogP contribution >= 0.6 is 0 Å². The fourth-order valence-electron chi connectivity index (χ4n) is 2.68. The first-order valence-electron chi connectivity index (χ1n) is 14.6. The van der Waals surface area contributed by atoms with E-state index in [9.17, 15) is 0 Å². The van der Waals surface area contributed by atoms with E-state index in [0.29, 0.717) is 119 Å². The van der Waals surface area contributed by atoms with Crippen molar-refractivity contribution in [2.75, 3.05) is 126 Å². The molecule has 0 saturated carbocycles. The second-order valence-electron chi connectivity index (χ2n) is 10.5. The zero-order valence-corrected chi connectivity index (χ0v) is 26.9. The van der Waals surface area contributed by atoms with Crippen LogP contribution in [0.5, 0.6) is 0 Å². The van der Waals surface area contributed by atoms with Crippen molar-refractivity contribution >= 4 is 8.32 Å². The van der Waals surface area contributed by atoms with Gasteiger partial charge in [0, 0.05) is 6.61 Å². The lowest BCUT2D eigenvalue weighted by atomic mass is 10.2. The smallest absolute Gasteiger partial charge is 0.192 e. The van der Waals surface area contributed by atoms with Crippen LogP contribution in [-0.2, 0) is 47.1 Å². The molecule has 0 amide bonds. The summed E-state index contributed by atoms with van der Waals surface area (Å²) in [5.74, 6) is 0. The Morgan fingerprint density at radius 2 is 0.615 bits per heavy atom. The molecule has 236 valence electrons. The minimum absolute atomic E-state index is 0.223. The second-order valence-corrected chi connectivity index (χ2v) is 15.3. The van der Waals surface area contributed by atoms with Gasteiger partial charge in [0.15, 0.2) is 8.32 Å². The number of hydrogen-bond donors (Lipinski definition) is 0. The lowest BCUT2D eigenvalue weighted by molar-refractivity contribution is -0.0254. The Kier molecular flexibility index (Phi) is 27.8. The van der Waals surface area contributed by atoms with Crippen molar-refractivity contribution in [2.24, 2.45) is 0 Å². The molecule has 11 heteroatoms. The Bertz CT molecular complexity index is 491. The second kappa shape index (κ2) is 28.0. The Labute approximate surface area is 239 Å². The van der Waals surface area contributed by atoms with Gasteiger partial charge in [-0.1, -0.05) is 34.1 Å². The van der Waals surface area contributed by atoms with Gasteiger partial charge in [-0.2, -0.15) is 0 Å². The van der Waals surface area contributed by atoms with Crippen LogP contribution in [0, 0.1) is 0 Å². The Morgan fingerprint density at radius 1 is 0.385 bits per heavy atom. The maximum atomic E-state index is 6.07. The molecule has 0 saturated heterocycles. The largest absolute Gasteiger partial charge is 0.414 e. The van der Waals surface area contributed by atoms with E-state index in [0.717, 1.165) is 19.4 Å². The highest BCUT2D eigenvalue weighted by Gasteiger charge is 2.36. The summed E-state index contributed by atoms with van der Waals surface area (Å²) in [6, 6.07) is 0. The summed E-state index contributed by atoms with van der Waals surface area (Å²) in [6.45, 7) is 24.3. The molecule has 0 bridgehead atoms. The summed E-state index contributed by atoms with van der Waals surface area (Å²) < 4.78 is 55.4. The Morgan fingerprint density at radius 3 is 0.846 bits per heavy atom. The highest BCUT2D eigenvalue weighted by Crippen LogP contribution is 2.36. The van der Waals surface area contributed by atoms with E-state index in [2.05, 4.69) is 40.8 Å². The number of unbranched alkanes of at least 4 members (excludes halogenated alkanes) is 1.